The molecule has 0 fully saturated rings. The summed E-state index contributed by atoms with van der Waals surface area (Å²) in [5.74, 6) is -0.765. The zero-order valence-corrected chi connectivity index (χ0v) is 17.0. The van der Waals surface area contributed by atoms with Crippen molar-refractivity contribution in [3.8, 4) is 17.5 Å². The van der Waals surface area contributed by atoms with Crippen molar-refractivity contribution in [2.75, 3.05) is 24.6 Å². The lowest BCUT2D eigenvalue weighted by Gasteiger charge is -2.27. The second kappa shape index (κ2) is 8.94. The summed E-state index contributed by atoms with van der Waals surface area (Å²) in [4.78, 5) is 31.6. The molecule has 1 aliphatic rings. The number of imide groups is 1. The quantitative estimate of drug-likeness (QED) is 0.625. The number of carbonyl (C=O) groups is 2. The molecule has 0 saturated heterocycles. The number of hydrogen-bond donors (Lipinski definition) is 1. The Morgan fingerprint density at radius 3 is 2.48 bits per heavy atom. The lowest BCUT2D eigenvalue weighted by atomic mass is 10.2. The Morgan fingerprint density at radius 1 is 1.16 bits per heavy atom. The van der Waals surface area contributed by atoms with Crippen LogP contribution in [0.15, 0.2) is 24.3 Å². The van der Waals surface area contributed by atoms with Gasteiger partial charge >= 0.3 is 24.3 Å². The van der Waals surface area contributed by atoms with Crippen molar-refractivity contribution >= 4 is 17.8 Å². The van der Waals surface area contributed by atoms with Gasteiger partial charge in [-0.15, -0.1) is 13.2 Å². The number of fused-ring (bicyclic) bond motifs is 1. The van der Waals surface area contributed by atoms with Gasteiger partial charge in [0.25, 0.3) is 0 Å². The van der Waals surface area contributed by atoms with Crippen LogP contribution in [0.1, 0.15) is 30.8 Å². The molecule has 3 rings (SSSR count). The number of urea groups is 1. The molecule has 0 bridgehead atoms. The van der Waals surface area contributed by atoms with E-state index in [9.17, 15) is 22.8 Å². The molecule has 0 spiro atoms. The van der Waals surface area contributed by atoms with Crippen LogP contribution < -0.4 is 19.3 Å². The molecule has 0 aliphatic carbocycles. The number of nitrogens with zero attached hydrogens (tertiary/aromatic N) is 3. The van der Waals surface area contributed by atoms with Gasteiger partial charge in [-0.05, 0) is 26.0 Å². The number of nitrogens with one attached hydrogen (secondary N) is 1. The maximum atomic E-state index is 13.0. The first-order valence-corrected chi connectivity index (χ1v) is 9.71. The molecule has 31 heavy (non-hydrogen) atoms. The third-order valence-electron chi connectivity index (χ3n) is 4.65. The van der Waals surface area contributed by atoms with Crippen LogP contribution in [0, 0.1) is 0 Å². The lowest BCUT2D eigenvalue weighted by molar-refractivity contribution is -0.724. The number of benzene rings is 1. The smallest absolute Gasteiger partial charge is 0.445 e. The van der Waals surface area contributed by atoms with Gasteiger partial charge in [-0.1, -0.05) is 6.07 Å². The van der Waals surface area contributed by atoms with Gasteiger partial charge in [0.15, 0.2) is 11.5 Å². The summed E-state index contributed by atoms with van der Waals surface area (Å²) in [5.41, 5.74) is 0.182. The van der Waals surface area contributed by atoms with E-state index in [1.807, 2.05) is 0 Å². The van der Waals surface area contributed by atoms with Gasteiger partial charge in [-0.2, -0.15) is 9.88 Å². The van der Waals surface area contributed by atoms with Crippen molar-refractivity contribution in [2.24, 2.45) is 0 Å². The van der Waals surface area contributed by atoms with E-state index in [4.69, 9.17) is 9.84 Å². The number of amides is 3. The molecule has 9 nitrogen and oxygen atoms in total. The summed E-state index contributed by atoms with van der Waals surface area (Å²) in [7, 11) is 0. The van der Waals surface area contributed by atoms with Crippen LogP contribution in [-0.4, -0.2) is 52.7 Å². The summed E-state index contributed by atoms with van der Waals surface area (Å²) in [6, 6.07) is 4.45. The number of quaternary nitrogens is 1. The minimum atomic E-state index is -4.85. The molecule has 1 unspecified atom stereocenters. The fraction of sp³-hybridized carbons (Fsp3) is 0.421. The highest BCUT2D eigenvalue weighted by molar-refractivity contribution is 6.06. The van der Waals surface area contributed by atoms with Crippen LogP contribution in [0.3, 0.4) is 0 Å². The molecule has 2 aromatic rings. The maximum absolute atomic E-state index is 13.0. The molecule has 1 aromatic heterocycles. The number of halogens is 3. The summed E-state index contributed by atoms with van der Waals surface area (Å²) < 4.78 is 48.5. The first-order valence-electron chi connectivity index (χ1n) is 9.71. The Hall–Kier alpha value is -3.12. The van der Waals surface area contributed by atoms with Crippen LogP contribution in [0.5, 0.6) is 17.5 Å². The number of hydrogen-bond acceptors (Lipinski definition) is 5. The van der Waals surface area contributed by atoms with E-state index in [1.165, 1.54) is 21.6 Å². The van der Waals surface area contributed by atoms with Crippen LogP contribution >= 0.6 is 0 Å². The molecule has 3 N–H and O–H groups in total. The molecule has 0 radical (unpaired) electrons. The molecule has 2 heterocycles. The van der Waals surface area contributed by atoms with Gasteiger partial charge < -0.3 is 14.6 Å². The Morgan fingerprint density at radius 2 is 1.87 bits per heavy atom. The molecule has 1 atom stereocenters. The zero-order valence-electron chi connectivity index (χ0n) is 17.0. The summed E-state index contributed by atoms with van der Waals surface area (Å²) in [6.07, 6.45) is -4.48. The van der Waals surface area contributed by atoms with Crippen molar-refractivity contribution in [1.29, 1.82) is 0 Å². The lowest BCUT2D eigenvalue weighted by Crippen LogP contribution is -3.19. The highest BCUT2D eigenvalue weighted by Crippen LogP contribution is 2.32. The predicted molar refractivity (Wildman–Crippen MR) is 103 cm³/mol. The van der Waals surface area contributed by atoms with Crippen molar-refractivity contribution in [1.82, 2.24) is 9.55 Å². The number of ether oxygens (including phenoxy) is 2. The van der Waals surface area contributed by atoms with Crippen LogP contribution in [0.2, 0.25) is 0 Å². The molecule has 168 valence electrons. The number of alkyl halides is 3. The molecular weight excluding hydrogens is 421 g/mol. The van der Waals surface area contributed by atoms with E-state index >= 15 is 0 Å². The topological polar surface area (TPSA) is 101 Å². The highest BCUT2D eigenvalue weighted by atomic mass is 19.4. The predicted octanol–water partition coefficient (Wildman–Crippen LogP) is 1.69. The standard InChI is InChI=1S/C19H21F3N4O5/c1-3-24-14-15(25(4-2)18(29)26(16(14)28)9-6-10-27)23-17(24)30-12-7-5-8-13(11-12)31-19(20,21)22/h5,7-8,11,27H,3-4,6,9-10H2,1-2H3/p+2. The Kier molecular flexibility index (Phi) is 6.51. The Bertz CT molecular complexity index is 976. The third kappa shape index (κ3) is 4.64. The van der Waals surface area contributed by atoms with Gasteiger partial charge in [0.05, 0.1) is 6.42 Å². The summed E-state index contributed by atoms with van der Waals surface area (Å²) >= 11 is 0. The van der Waals surface area contributed by atoms with Crippen molar-refractivity contribution in [3.63, 3.8) is 0 Å². The number of rotatable bonds is 8. The molecule has 3 amide bonds. The highest BCUT2D eigenvalue weighted by Gasteiger charge is 2.46. The third-order valence-corrected chi connectivity index (χ3v) is 4.65. The Balaban J connectivity index is 1.98. The summed E-state index contributed by atoms with van der Waals surface area (Å²) in [6.45, 7) is 4.29. The van der Waals surface area contributed by atoms with E-state index in [2.05, 4.69) is 9.72 Å². The molecular formula is C19H23F3N4O5+2. The second-order valence-corrected chi connectivity index (χ2v) is 6.65. The van der Waals surface area contributed by atoms with E-state index in [0.717, 1.165) is 12.1 Å². The first kappa shape index (κ1) is 22.6. The van der Waals surface area contributed by atoms with E-state index in [0.29, 0.717) is 6.42 Å². The zero-order chi connectivity index (χ0) is 22.8. The van der Waals surface area contributed by atoms with Gasteiger partial charge in [0.1, 0.15) is 24.7 Å². The molecule has 1 aliphatic heterocycles. The van der Waals surface area contributed by atoms with Crippen molar-refractivity contribution in [2.45, 2.75) is 33.2 Å². The normalized spacial score (nSPS) is 16.5. The fourth-order valence-electron chi connectivity index (χ4n) is 3.32. The van der Waals surface area contributed by atoms with Crippen LogP contribution in [0.25, 0.3) is 0 Å². The average Bonchev–Trinajstić information content (AvgIpc) is 3.05. The van der Waals surface area contributed by atoms with E-state index in [1.54, 1.807) is 13.8 Å². The fourth-order valence-corrected chi connectivity index (χ4v) is 3.32. The van der Waals surface area contributed by atoms with Crippen LogP contribution in [0.4, 0.5) is 23.8 Å². The number of carbonyl (C=O) groups excluding carboxylic acids is 2. The summed E-state index contributed by atoms with van der Waals surface area (Å²) in [5, 5.41) is 7.30. The van der Waals surface area contributed by atoms with Gasteiger partial charge in [0.2, 0.25) is 0 Å². The maximum Gasteiger partial charge on any atom is 0.573 e. The monoisotopic (exact) mass is 444 g/mol. The van der Waals surface area contributed by atoms with Gasteiger partial charge in [0, 0.05) is 19.2 Å². The number of imidazole rings is 1. The molecule has 0 saturated carbocycles. The van der Waals surface area contributed by atoms with Crippen molar-refractivity contribution < 1.29 is 42.2 Å². The largest absolute Gasteiger partial charge is 0.573 e. The second-order valence-electron chi connectivity index (χ2n) is 6.65. The average molecular weight is 444 g/mol. The first-order chi connectivity index (χ1) is 14.7. The molecule has 12 heteroatoms. The van der Waals surface area contributed by atoms with Gasteiger partial charge in [-0.3, -0.25) is 4.57 Å². The minimum Gasteiger partial charge on any atom is -0.445 e. The number of aromatic nitrogens is 2. The minimum absolute atomic E-state index is 0.0269. The van der Waals surface area contributed by atoms with Gasteiger partial charge in [-0.25, -0.2) is 14.5 Å². The van der Waals surface area contributed by atoms with E-state index in [-0.39, 0.29) is 54.4 Å². The number of anilines is 1. The van der Waals surface area contributed by atoms with E-state index < -0.39 is 24.1 Å². The Labute approximate surface area is 175 Å². The van der Waals surface area contributed by atoms with Crippen molar-refractivity contribution in [3.05, 3.63) is 30.0 Å². The molecule has 1 aromatic carbocycles. The van der Waals surface area contributed by atoms with Crippen LogP contribution in [-0.2, 0) is 6.54 Å². The SMILES string of the molecule is CCN1C(=O)[NH+](CCC[OH2+])C(=O)c2c1nc(Oc1cccc(OC(F)(F)F)c1)n2CC.